The molecular formula is C20H18FN3OS. The summed E-state index contributed by atoms with van der Waals surface area (Å²) < 4.78 is 20.6. The third-order valence-electron chi connectivity index (χ3n) is 4.37. The number of aromatic nitrogens is 2. The predicted molar refractivity (Wildman–Crippen MR) is 103 cm³/mol. The number of hydrogen-bond donors (Lipinski definition) is 0. The number of benzene rings is 2. The Labute approximate surface area is 156 Å². The zero-order chi connectivity index (χ0) is 17.9. The van der Waals surface area contributed by atoms with Gasteiger partial charge in [-0.25, -0.2) is 9.07 Å². The molecule has 2 heterocycles. The van der Waals surface area contributed by atoms with Crippen molar-refractivity contribution in [3.05, 3.63) is 72.2 Å². The summed E-state index contributed by atoms with van der Waals surface area (Å²) in [6, 6.07) is 18.3. The first-order valence-electron chi connectivity index (χ1n) is 8.51. The van der Waals surface area contributed by atoms with Crippen LogP contribution < -0.4 is 0 Å². The monoisotopic (exact) mass is 367 g/mol. The highest BCUT2D eigenvalue weighted by Gasteiger charge is 2.20. The van der Waals surface area contributed by atoms with E-state index in [1.165, 1.54) is 12.1 Å². The molecular weight excluding hydrogens is 349 g/mol. The molecule has 132 valence electrons. The Kier molecular flexibility index (Phi) is 4.77. The maximum Gasteiger partial charge on any atom is 0.129 e. The van der Waals surface area contributed by atoms with Crippen molar-refractivity contribution in [2.45, 2.75) is 0 Å². The van der Waals surface area contributed by atoms with Crippen LogP contribution in [0.25, 0.3) is 16.9 Å². The lowest BCUT2D eigenvalue weighted by molar-refractivity contribution is 0.0692. The molecule has 0 spiro atoms. The van der Waals surface area contributed by atoms with Crippen LogP contribution in [-0.4, -0.2) is 46.0 Å². The average Bonchev–Trinajstić information content (AvgIpc) is 3.15. The zero-order valence-corrected chi connectivity index (χ0v) is 15.0. The molecule has 0 unspecified atom stereocenters. The summed E-state index contributed by atoms with van der Waals surface area (Å²) in [5.74, 6) is -0.261. The second kappa shape index (κ2) is 7.35. The van der Waals surface area contributed by atoms with Crippen molar-refractivity contribution in [2.24, 2.45) is 0 Å². The van der Waals surface area contributed by atoms with Crippen LogP contribution in [0, 0.1) is 5.82 Å². The maximum absolute atomic E-state index is 13.3. The second-order valence-corrected chi connectivity index (χ2v) is 6.46. The molecule has 0 amide bonds. The van der Waals surface area contributed by atoms with Crippen molar-refractivity contribution < 1.29 is 9.13 Å². The van der Waals surface area contributed by atoms with Gasteiger partial charge in [-0.15, -0.1) is 0 Å². The molecule has 0 radical (unpaired) electrons. The van der Waals surface area contributed by atoms with Crippen molar-refractivity contribution in [3.63, 3.8) is 0 Å². The average molecular weight is 367 g/mol. The molecule has 26 heavy (non-hydrogen) atoms. The Bertz CT molecular complexity index is 903. The Morgan fingerprint density at radius 3 is 2.38 bits per heavy atom. The van der Waals surface area contributed by atoms with Gasteiger partial charge in [0.1, 0.15) is 16.5 Å². The quantitative estimate of drug-likeness (QED) is 0.661. The number of nitrogens with zero attached hydrogens (tertiary/aromatic N) is 3. The van der Waals surface area contributed by atoms with Crippen LogP contribution in [0.1, 0.15) is 5.69 Å². The van der Waals surface area contributed by atoms with E-state index in [-0.39, 0.29) is 5.82 Å². The van der Waals surface area contributed by atoms with E-state index in [4.69, 9.17) is 22.1 Å². The molecule has 1 aromatic heterocycles. The minimum atomic E-state index is -0.261. The van der Waals surface area contributed by atoms with Gasteiger partial charge in [0.2, 0.25) is 0 Å². The lowest BCUT2D eigenvalue weighted by atomic mass is 10.1. The fourth-order valence-corrected chi connectivity index (χ4v) is 3.29. The standard InChI is InChI=1S/C20H18FN3OS/c21-16-8-6-15(7-9-16)19-14-18(20(26)23-10-12-25-13-11-23)22-24(19)17-4-2-1-3-5-17/h1-9,14H,10-13H2. The van der Waals surface area contributed by atoms with E-state index in [2.05, 4.69) is 4.90 Å². The van der Waals surface area contributed by atoms with Gasteiger partial charge in [0.25, 0.3) is 0 Å². The van der Waals surface area contributed by atoms with Crippen LogP contribution in [-0.2, 0) is 4.74 Å². The van der Waals surface area contributed by atoms with Crippen LogP contribution in [0.4, 0.5) is 4.39 Å². The predicted octanol–water partition coefficient (Wildman–Crippen LogP) is 3.69. The Balaban J connectivity index is 1.77. The summed E-state index contributed by atoms with van der Waals surface area (Å²) in [6.45, 7) is 2.88. The number of halogens is 1. The van der Waals surface area contributed by atoms with Gasteiger partial charge in [0.05, 0.1) is 24.6 Å². The van der Waals surface area contributed by atoms with E-state index in [0.29, 0.717) is 18.2 Å². The van der Waals surface area contributed by atoms with Gasteiger partial charge in [-0.05, 0) is 42.5 Å². The first-order chi connectivity index (χ1) is 12.7. The van der Waals surface area contributed by atoms with Crippen LogP contribution in [0.3, 0.4) is 0 Å². The van der Waals surface area contributed by atoms with E-state index in [0.717, 1.165) is 35.7 Å². The molecule has 3 aromatic rings. The fourth-order valence-electron chi connectivity index (χ4n) is 3.01. The SMILES string of the molecule is Fc1ccc(-c2cc(C(=S)N3CCOCC3)nn2-c2ccccc2)cc1. The number of thiocarbonyl (C=S) groups is 1. The van der Waals surface area contributed by atoms with E-state index < -0.39 is 0 Å². The van der Waals surface area contributed by atoms with Crippen molar-refractivity contribution in [1.29, 1.82) is 0 Å². The normalized spacial score (nSPS) is 14.4. The van der Waals surface area contributed by atoms with Crippen LogP contribution >= 0.6 is 12.2 Å². The molecule has 0 aliphatic carbocycles. The van der Waals surface area contributed by atoms with Gasteiger partial charge >= 0.3 is 0 Å². The summed E-state index contributed by atoms with van der Waals surface area (Å²) in [7, 11) is 0. The summed E-state index contributed by atoms with van der Waals surface area (Å²) in [4.78, 5) is 2.83. The largest absolute Gasteiger partial charge is 0.378 e. The maximum atomic E-state index is 13.3. The van der Waals surface area contributed by atoms with E-state index in [1.807, 2.05) is 41.1 Å². The van der Waals surface area contributed by atoms with Crippen molar-refractivity contribution >= 4 is 17.2 Å². The van der Waals surface area contributed by atoms with E-state index >= 15 is 0 Å². The topological polar surface area (TPSA) is 30.3 Å². The van der Waals surface area contributed by atoms with Crippen LogP contribution in [0.15, 0.2) is 60.7 Å². The second-order valence-electron chi connectivity index (χ2n) is 6.07. The molecule has 1 aliphatic heterocycles. The molecule has 1 aliphatic rings. The third kappa shape index (κ3) is 3.38. The molecule has 0 bridgehead atoms. The summed E-state index contributed by atoms with van der Waals surface area (Å²) in [6.07, 6.45) is 0. The van der Waals surface area contributed by atoms with Gasteiger partial charge in [-0.1, -0.05) is 30.4 Å². The summed E-state index contributed by atoms with van der Waals surface area (Å²) >= 11 is 5.67. The lowest BCUT2D eigenvalue weighted by Gasteiger charge is -2.28. The number of rotatable bonds is 3. The first kappa shape index (κ1) is 16.9. The zero-order valence-electron chi connectivity index (χ0n) is 14.1. The molecule has 0 N–H and O–H groups in total. The third-order valence-corrected chi connectivity index (χ3v) is 4.83. The number of hydrogen-bond acceptors (Lipinski definition) is 3. The molecule has 0 atom stereocenters. The number of morpholine rings is 1. The fraction of sp³-hybridized carbons (Fsp3) is 0.200. The first-order valence-corrected chi connectivity index (χ1v) is 8.91. The highest BCUT2D eigenvalue weighted by molar-refractivity contribution is 7.80. The van der Waals surface area contributed by atoms with Gasteiger partial charge in [0.15, 0.2) is 0 Å². The number of para-hydroxylation sites is 1. The molecule has 1 fully saturated rings. The Morgan fingerprint density at radius 2 is 1.69 bits per heavy atom. The van der Waals surface area contributed by atoms with Gasteiger partial charge < -0.3 is 9.64 Å². The summed E-state index contributed by atoms with van der Waals surface area (Å²) in [5, 5.41) is 4.75. The smallest absolute Gasteiger partial charge is 0.129 e. The van der Waals surface area contributed by atoms with E-state index in [1.54, 1.807) is 12.1 Å². The lowest BCUT2D eigenvalue weighted by Crippen LogP contribution is -2.40. The summed E-state index contributed by atoms with van der Waals surface area (Å²) in [5.41, 5.74) is 3.44. The Hall–Kier alpha value is -2.57. The van der Waals surface area contributed by atoms with Crippen LogP contribution in [0.2, 0.25) is 0 Å². The van der Waals surface area contributed by atoms with Gasteiger partial charge in [-0.3, -0.25) is 0 Å². The molecule has 4 rings (SSSR count). The molecule has 2 aromatic carbocycles. The highest BCUT2D eigenvalue weighted by Crippen LogP contribution is 2.25. The minimum Gasteiger partial charge on any atom is -0.378 e. The highest BCUT2D eigenvalue weighted by atomic mass is 32.1. The van der Waals surface area contributed by atoms with Crippen LogP contribution in [0.5, 0.6) is 0 Å². The molecule has 6 heteroatoms. The van der Waals surface area contributed by atoms with Gasteiger partial charge in [0, 0.05) is 18.7 Å². The molecule has 4 nitrogen and oxygen atoms in total. The molecule has 1 saturated heterocycles. The van der Waals surface area contributed by atoms with Crippen molar-refractivity contribution in [1.82, 2.24) is 14.7 Å². The van der Waals surface area contributed by atoms with Crippen molar-refractivity contribution in [3.8, 4) is 16.9 Å². The number of ether oxygens (including phenoxy) is 1. The van der Waals surface area contributed by atoms with Gasteiger partial charge in [-0.2, -0.15) is 5.10 Å². The van der Waals surface area contributed by atoms with Crippen molar-refractivity contribution in [2.75, 3.05) is 26.3 Å². The minimum absolute atomic E-state index is 0.261. The Morgan fingerprint density at radius 1 is 1.00 bits per heavy atom. The van der Waals surface area contributed by atoms with E-state index in [9.17, 15) is 4.39 Å². The molecule has 0 saturated carbocycles.